The van der Waals surface area contributed by atoms with E-state index in [2.05, 4.69) is 6.92 Å². The molecule has 0 amide bonds. The maximum absolute atomic E-state index is 14.4. The lowest BCUT2D eigenvalue weighted by Gasteiger charge is -2.47. The molecule has 1 heterocycles. The molecule has 170 valence electrons. The molecule has 0 spiro atoms. The average molecular weight is 433 g/mol. The maximum atomic E-state index is 14.4. The van der Waals surface area contributed by atoms with Crippen molar-refractivity contribution >= 4 is 9.84 Å². The van der Waals surface area contributed by atoms with Gasteiger partial charge in [0.05, 0.1) is 23.2 Å². The lowest BCUT2D eigenvalue weighted by Crippen LogP contribution is -2.49. The summed E-state index contributed by atoms with van der Waals surface area (Å²) in [6.45, 7) is 4.13. The first-order chi connectivity index (χ1) is 13.8. The van der Waals surface area contributed by atoms with E-state index in [1.165, 1.54) is 0 Å². The van der Waals surface area contributed by atoms with E-state index >= 15 is 0 Å². The summed E-state index contributed by atoms with van der Waals surface area (Å²) < 4.78 is 47.2. The highest BCUT2D eigenvalue weighted by Crippen LogP contribution is 2.53. The third kappa shape index (κ3) is 4.69. The summed E-state index contributed by atoms with van der Waals surface area (Å²) in [6.07, 6.45) is 6.64. The smallest absolute Gasteiger partial charge is 0.154 e. The van der Waals surface area contributed by atoms with Crippen LogP contribution in [0, 0.1) is 23.2 Å². The molecule has 3 fully saturated rings. The van der Waals surface area contributed by atoms with Gasteiger partial charge in [0.1, 0.15) is 6.17 Å². The molecule has 29 heavy (non-hydrogen) atoms. The number of aliphatic hydroxyl groups is 1. The van der Waals surface area contributed by atoms with Crippen molar-refractivity contribution < 1.29 is 22.7 Å². The summed E-state index contributed by atoms with van der Waals surface area (Å²) >= 11 is 0. The Balaban J connectivity index is 2.05. The second kappa shape index (κ2) is 9.52. The minimum atomic E-state index is -3.33. The van der Waals surface area contributed by atoms with Crippen LogP contribution in [0.5, 0.6) is 0 Å². The van der Waals surface area contributed by atoms with Crippen molar-refractivity contribution in [2.45, 2.75) is 108 Å². The van der Waals surface area contributed by atoms with Crippen LogP contribution >= 0.6 is 0 Å². The Hall–Kier alpha value is -0.200. The fourth-order valence-corrected chi connectivity index (χ4v) is 9.65. The lowest BCUT2D eigenvalue weighted by molar-refractivity contribution is -0.0793. The molecule has 6 heteroatoms. The quantitative estimate of drug-likeness (QED) is 0.661. The lowest BCUT2D eigenvalue weighted by atomic mass is 9.60. The van der Waals surface area contributed by atoms with Gasteiger partial charge in [-0.25, -0.2) is 12.8 Å². The van der Waals surface area contributed by atoms with E-state index in [9.17, 15) is 17.9 Å². The zero-order valence-electron chi connectivity index (χ0n) is 18.5. The van der Waals surface area contributed by atoms with Gasteiger partial charge in [0.25, 0.3) is 0 Å². The number of methoxy groups -OCH3 is 1. The summed E-state index contributed by atoms with van der Waals surface area (Å²) in [5.74, 6) is -0.124. The molecule has 2 aliphatic carbocycles. The Bertz CT molecular complexity index is 639. The summed E-state index contributed by atoms with van der Waals surface area (Å²) in [5, 5.41) is 11.4. The SMILES string of the molecule is CCCC[C@]1(CC)CS(=O)(=O)C2CCC(OC)CC2[C@H](C2CCCC(F)C2)C1O. The maximum Gasteiger partial charge on any atom is 0.154 e. The van der Waals surface area contributed by atoms with E-state index in [4.69, 9.17) is 4.74 Å². The molecule has 3 rings (SSSR count). The third-order valence-electron chi connectivity index (χ3n) is 8.48. The minimum absolute atomic E-state index is 0.0377. The molecule has 6 unspecified atom stereocenters. The Morgan fingerprint density at radius 3 is 2.52 bits per heavy atom. The van der Waals surface area contributed by atoms with Crippen LogP contribution in [0.15, 0.2) is 0 Å². The van der Waals surface area contributed by atoms with Crippen molar-refractivity contribution in [2.24, 2.45) is 23.2 Å². The summed E-state index contributed by atoms with van der Waals surface area (Å²) in [5.41, 5.74) is -0.608. The summed E-state index contributed by atoms with van der Waals surface area (Å²) in [6, 6.07) is 0. The Labute approximate surface area is 176 Å². The first-order valence-corrected chi connectivity index (χ1v) is 13.6. The van der Waals surface area contributed by atoms with E-state index in [0.717, 1.165) is 38.5 Å². The van der Waals surface area contributed by atoms with E-state index < -0.39 is 32.8 Å². The number of unbranched alkanes of at least 4 members (excludes halogenated alkanes) is 1. The summed E-state index contributed by atoms with van der Waals surface area (Å²) in [7, 11) is -1.64. The molecule has 3 aliphatic rings. The zero-order valence-corrected chi connectivity index (χ0v) is 19.3. The highest BCUT2D eigenvalue weighted by atomic mass is 32.2. The van der Waals surface area contributed by atoms with Gasteiger partial charge in [-0.2, -0.15) is 0 Å². The second-order valence-electron chi connectivity index (χ2n) is 10.0. The highest BCUT2D eigenvalue weighted by molar-refractivity contribution is 7.92. The molecule has 0 aromatic rings. The van der Waals surface area contributed by atoms with Crippen molar-refractivity contribution in [2.75, 3.05) is 12.9 Å². The fourth-order valence-electron chi connectivity index (χ4n) is 6.80. The van der Waals surface area contributed by atoms with Crippen LogP contribution < -0.4 is 0 Å². The Kier molecular flexibility index (Phi) is 7.70. The van der Waals surface area contributed by atoms with Gasteiger partial charge < -0.3 is 9.84 Å². The van der Waals surface area contributed by atoms with Gasteiger partial charge in [-0.3, -0.25) is 0 Å². The number of halogens is 1. The van der Waals surface area contributed by atoms with E-state index in [1.54, 1.807) is 7.11 Å². The van der Waals surface area contributed by atoms with Crippen molar-refractivity contribution in [3.63, 3.8) is 0 Å². The van der Waals surface area contributed by atoms with E-state index in [0.29, 0.717) is 32.1 Å². The number of fused-ring (bicyclic) bond motifs is 1. The number of ether oxygens (including phenoxy) is 1. The molecular weight excluding hydrogens is 391 g/mol. The van der Waals surface area contributed by atoms with Gasteiger partial charge in [-0.15, -0.1) is 0 Å². The van der Waals surface area contributed by atoms with Crippen LogP contribution in [0.1, 0.15) is 84.5 Å². The third-order valence-corrected chi connectivity index (χ3v) is 11.0. The molecule has 0 aromatic heterocycles. The molecule has 2 saturated carbocycles. The fraction of sp³-hybridized carbons (Fsp3) is 1.00. The Morgan fingerprint density at radius 1 is 1.14 bits per heavy atom. The predicted molar refractivity (Wildman–Crippen MR) is 114 cm³/mol. The number of alkyl halides is 1. The highest BCUT2D eigenvalue weighted by Gasteiger charge is 2.57. The largest absolute Gasteiger partial charge is 0.392 e. The number of hydrogen-bond donors (Lipinski definition) is 1. The van der Waals surface area contributed by atoms with Gasteiger partial charge in [0, 0.05) is 12.5 Å². The molecule has 1 aliphatic heterocycles. The number of sulfone groups is 1. The molecule has 1 N–H and O–H groups in total. The molecule has 8 atom stereocenters. The number of rotatable bonds is 6. The first-order valence-electron chi connectivity index (χ1n) is 11.8. The van der Waals surface area contributed by atoms with Crippen molar-refractivity contribution in [1.29, 1.82) is 0 Å². The Morgan fingerprint density at radius 2 is 1.90 bits per heavy atom. The molecule has 0 aromatic carbocycles. The molecular formula is C23H41FO4S. The topological polar surface area (TPSA) is 63.6 Å². The van der Waals surface area contributed by atoms with Crippen LogP contribution in [-0.4, -0.2) is 50.0 Å². The second-order valence-corrected chi connectivity index (χ2v) is 12.3. The number of aliphatic hydroxyl groups excluding tert-OH is 1. The van der Waals surface area contributed by atoms with Gasteiger partial charge in [-0.1, -0.05) is 33.1 Å². The van der Waals surface area contributed by atoms with Crippen LogP contribution in [0.4, 0.5) is 4.39 Å². The average Bonchev–Trinajstić information content (AvgIpc) is 2.77. The van der Waals surface area contributed by atoms with Gasteiger partial charge >= 0.3 is 0 Å². The van der Waals surface area contributed by atoms with Crippen LogP contribution in [-0.2, 0) is 14.6 Å². The van der Waals surface area contributed by atoms with Crippen molar-refractivity contribution in [1.82, 2.24) is 0 Å². The molecule has 0 bridgehead atoms. The van der Waals surface area contributed by atoms with Crippen molar-refractivity contribution in [3.05, 3.63) is 0 Å². The van der Waals surface area contributed by atoms with Gasteiger partial charge in [-0.05, 0) is 69.1 Å². The normalized spacial score (nSPS) is 45.3. The standard InChI is InChI=1S/C23H41FO4S/c1-4-6-12-23(5-2)15-29(26,27)20-11-10-18(28-3)14-19(20)21(22(23)25)16-8-7-9-17(24)13-16/h16-22,25H,4-15H2,1-3H3/t16?,17?,18?,19?,20?,21-,22?,23+/m0/s1. The molecule has 4 nitrogen and oxygen atoms in total. The van der Waals surface area contributed by atoms with E-state index in [1.807, 2.05) is 6.92 Å². The van der Waals surface area contributed by atoms with Gasteiger partial charge in [0.2, 0.25) is 0 Å². The van der Waals surface area contributed by atoms with Gasteiger partial charge in [0.15, 0.2) is 9.84 Å². The minimum Gasteiger partial charge on any atom is -0.392 e. The van der Waals surface area contributed by atoms with Crippen LogP contribution in [0.2, 0.25) is 0 Å². The monoisotopic (exact) mass is 432 g/mol. The summed E-state index contributed by atoms with van der Waals surface area (Å²) in [4.78, 5) is 0. The first kappa shape index (κ1) is 23.5. The number of hydrogen-bond acceptors (Lipinski definition) is 4. The van der Waals surface area contributed by atoms with Crippen molar-refractivity contribution in [3.8, 4) is 0 Å². The van der Waals surface area contributed by atoms with Crippen LogP contribution in [0.3, 0.4) is 0 Å². The molecule has 0 radical (unpaired) electrons. The van der Waals surface area contributed by atoms with E-state index in [-0.39, 0.29) is 29.6 Å². The van der Waals surface area contributed by atoms with Crippen LogP contribution in [0.25, 0.3) is 0 Å². The molecule has 1 saturated heterocycles. The predicted octanol–water partition coefficient (Wildman–Crippen LogP) is 4.69. The zero-order chi connectivity index (χ0) is 21.2.